The SMILES string of the molecule is Cc1c(CCC(C)O)c2cc3c(cc2n1C)CN(C)C3. The molecular weight excluding hydrogens is 248 g/mol. The van der Waals surface area contributed by atoms with Gasteiger partial charge in [-0.3, -0.25) is 4.90 Å². The number of aliphatic hydroxyl groups excluding tert-OH is 1. The third-order valence-electron chi connectivity index (χ3n) is 4.64. The van der Waals surface area contributed by atoms with E-state index in [0.717, 1.165) is 25.9 Å². The van der Waals surface area contributed by atoms with Gasteiger partial charge in [0.05, 0.1) is 6.10 Å². The van der Waals surface area contributed by atoms with Crippen LogP contribution in [-0.2, 0) is 26.6 Å². The molecule has 1 aliphatic heterocycles. The maximum Gasteiger partial charge on any atom is 0.0515 e. The summed E-state index contributed by atoms with van der Waals surface area (Å²) in [6, 6.07) is 4.73. The number of aromatic nitrogens is 1. The number of aryl methyl sites for hydroxylation is 2. The molecule has 0 radical (unpaired) electrons. The first-order valence-electron chi connectivity index (χ1n) is 7.43. The fraction of sp³-hybridized carbons (Fsp3) is 0.529. The van der Waals surface area contributed by atoms with Crippen molar-refractivity contribution in [1.29, 1.82) is 0 Å². The zero-order valence-electron chi connectivity index (χ0n) is 12.9. The molecule has 1 aliphatic rings. The van der Waals surface area contributed by atoms with Gasteiger partial charge in [0.15, 0.2) is 0 Å². The molecular formula is C17H24N2O. The molecule has 3 rings (SSSR count). The minimum Gasteiger partial charge on any atom is -0.393 e. The molecule has 1 unspecified atom stereocenters. The van der Waals surface area contributed by atoms with Crippen LogP contribution in [-0.4, -0.2) is 27.7 Å². The van der Waals surface area contributed by atoms with Crippen molar-refractivity contribution in [2.75, 3.05) is 7.05 Å². The minimum atomic E-state index is -0.231. The van der Waals surface area contributed by atoms with E-state index in [0.29, 0.717) is 0 Å². The van der Waals surface area contributed by atoms with Crippen LogP contribution < -0.4 is 0 Å². The summed E-state index contributed by atoms with van der Waals surface area (Å²) in [5.74, 6) is 0. The Morgan fingerprint density at radius 3 is 2.50 bits per heavy atom. The Morgan fingerprint density at radius 2 is 1.85 bits per heavy atom. The first-order valence-corrected chi connectivity index (χ1v) is 7.43. The van der Waals surface area contributed by atoms with Crippen molar-refractivity contribution in [3.63, 3.8) is 0 Å². The van der Waals surface area contributed by atoms with Gasteiger partial charge in [0.1, 0.15) is 0 Å². The highest BCUT2D eigenvalue weighted by Crippen LogP contribution is 2.32. The summed E-state index contributed by atoms with van der Waals surface area (Å²) in [4.78, 5) is 2.35. The topological polar surface area (TPSA) is 28.4 Å². The molecule has 108 valence electrons. The molecule has 1 aromatic carbocycles. The van der Waals surface area contributed by atoms with Gasteiger partial charge in [-0.05, 0) is 62.6 Å². The number of hydrogen-bond acceptors (Lipinski definition) is 2. The highest BCUT2D eigenvalue weighted by molar-refractivity contribution is 5.87. The van der Waals surface area contributed by atoms with Crippen molar-refractivity contribution in [2.45, 2.75) is 45.9 Å². The van der Waals surface area contributed by atoms with E-state index in [1.54, 1.807) is 0 Å². The number of rotatable bonds is 3. The molecule has 2 heterocycles. The largest absolute Gasteiger partial charge is 0.393 e. The Hall–Kier alpha value is -1.32. The summed E-state index contributed by atoms with van der Waals surface area (Å²) in [6.07, 6.45) is 1.55. The molecule has 0 fully saturated rings. The molecule has 2 aromatic rings. The molecule has 1 atom stereocenters. The second-order valence-corrected chi connectivity index (χ2v) is 6.32. The quantitative estimate of drug-likeness (QED) is 0.930. The lowest BCUT2D eigenvalue weighted by Crippen LogP contribution is -2.07. The Labute approximate surface area is 120 Å². The van der Waals surface area contributed by atoms with Gasteiger partial charge in [-0.15, -0.1) is 0 Å². The second-order valence-electron chi connectivity index (χ2n) is 6.32. The van der Waals surface area contributed by atoms with Gasteiger partial charge in [-0.2, -0.15) is 0 Å². The minimum absolute atomic E-state index is 0.231. The second kappa shape index (κ2) is 4.90. The fourth-order valence-electron chi connectivity index (χ4n) is 3.37. The van der Waals surface area contributed by atoms with Gasteiger partial charge in [0.2, 0.25) is 0 Å². The smallest absolute Gasteiger partial charge is 0.0515 e. The van der Waals surface area contributed by atoms with E-state index in [1.165, 1.54) is 33.3 Å². The lowest BCUT2D eigenvalue weighted by molar-refractivity contribution is 0.185. The zero-order valence-corrected chi connectivity index (χ0v) is 12.9. The molecule has 0 aliphatic carbocycles. The van der Waals surface area contributed by atoms with Crippen LogP contribution in [0.1, 0.15) is 35.7 Å². The van der Waals surface area contributed by atoms with E-state index in [2.05, 4.69) is 42.6 Å². The van der Waals surface area contributed by atoms with Crippen LogP contribution in [0.4, 0.5) is 0 Å². The van der Waals surface area contributed by atoms with Crippen LogP contribution in [0.25, 0.3) is 10.9 Å². The predicted molar refractivity (Wildman–Crippen MR) is 82.8 cm³/mol. The lowest BCUT2D eigenvalue weighted by Gasteiger charge is -2.05. The number of aliphatic hydroxyl groups is 1. The monoisotopic (exact) mass is 272 g/mol. The molecule has 3 heteroatoms. The highest BCUT2D eigenvalue weighted by atomic mass is 16.3. The standard InChI is InChI=1S/C17H24N2O/c1-11(20)5-6-15-12(2)19(4)17-8-14-10-18(3)9-13(14)7-16(15)17/h7-8,11,20H,5-6,9-10H2,1-4H3. The summed E-state index contributed by atoms with van der Waals surface area (Å²) in [6.45, 7) is 6.16. The molecule has 0 saturated heterocycles. The zero-order chi connectivity index (χ0) is 14.4. The maximum absolute atomic E-state index is 9.56. The van der Waals surface area contributed by atoms with Gasteiger partial charge in [-0.1, -0.05) is 0 Å². The van der Waals surface area contributed by atoms with Gasteiger partial charge in [-0.25, -0.2) is 0 Å². The van der Waals surface area contributed by atoms with Crippen LogP contribution in [0.2, 0.25) is 0 Å². The highest BCUT2D eigenvalue weighted by Gasteiger charge is 2.20. The van der Waals surface area contributed by atoms with Gasteiger partial charge < -0.3 is 9.67 Å². The number of hydrogen-bond donors (Lipinski definition) is 1. The molecule has 0 bridgehead atoms. The fourth-order valence-corrected chi connectivity index (χ4v) is 3.37. The summed E-state index contributed by atoms with van der Waals surface area (Å²) < 4.78 is 2.30. The van der Waals surface area contributed by atoms with E-state index in [4.69, 9.17) is 0 Å². The summed E-state index contributed by atoms with van der Waals surface area (Å²) in [5.41, 5.74) is 6.99. The van der Waals surface area contributed by atoms with Gasteiger partial charge in [0.25, 0.3) is 0 Å². The number of benzene rings is 1. The Bertz CT molecular complexity index is 655. The van der Waals surface area contributed by atoms with E-state index in [-0.39, 0.29) is 6.10 Å². The van der Waals surface area contributed by atoms with Crippen molar-refractivity contribution in [2.24, 2.45) is 7.05 Å². The van der Waals surface area contributed by atoms with E-state index in [1.807, 2.05) is 6.92 Å². The Balaban J connectivity index is 2.11. The van der Waals surface area contributed by atoms with Crippen LogP contribution in [0.3, 0.4) is 0 Å². The van der Waals surface area contributed by atoms with Gasteiger partial charge in [0, 0.05) is 36.7 Å². The van der Waals surface area contributed by atoms with Crippen molar-refractivity contribution >= 4 is 10.9 Å². The Morgan fingerprint density at radius 1 is 1.20 bits per heavy atom. The molecule has 0 amide bonds. The van der Waals surface area contributed by atoms with E-state index < -0.39 is 0 Å². The molecule has 3 nitrogen and oxygen atoms in total. The third kappa shape index (κ3) is 2.15. The third-order valence-corrected chi connectivity index (χ3v) is 4.64. The normalized spacial score (nSPS) is 16.9. The van der Waals surface area contributed by atoms with Crippen LogP contribution >= 0.6 is 0 Å². The lowest BCUT2D eigenvalue weighted by atomic mass is 10.0. The number of nitrogens with zero attached hydrogens (tertiary/aromatic N) is 2. The average molecular weight is 272 g/mol. The Kier molecular flexibility index (Phi) is 3.35. The summed E-state index contributed by atoms with van der Waals surface area (Å²) in [5, 5.41) is 10.9. The van der Waals surface area contributed by atoms with Gasteiger partial charge >= 0.3 is 0 Å². The molecule has 1 N–H and O–H groups in total. The van der Waals surface area contributed by atoms with Crippen LogP contribution in [0.15, 0.2) is 12.1 Å². The average Bonchev–Trinajstić information content (AvgIpc) is 2.84. The van der Waals surface area contributed by atoms with E-state index in [9.17, 15) is 5.11 Å². The predicted octanol–water partition coefficient (Wildman–Crippen LogP) is 2.75. The van der Waals surface area contributed by atoms with Crippen molar-refractivity contribution in [1.82, 2.24) is 9.47 Å². The van der Waals surface area contributed by atoms with Crippen LogP contribution in [0, 0.1) is 6.92 Å². The molecule has 20 heavy (non-hydrogen) atoms. The van der Waals surface area contributed by atoms with Crippen molar-refractivity contribution in [3.05, 3.63) is 34.5 Å². The first-order chi connectivity index (χ1) is 9.47. The summed E-state index contributed by atoms with van der Waals surface area (Å²) in [7, 11) is 4.32. The molecule has 0 spiro atoms. The molecule has 1 aromatic heterocycles. The molecule has 0 saturated carbocycles. The summed E-state index contributed by atoms with van der Waals surface area (Å²) >= 11 is 0. The van der Waals surface area contributed by atoms with Crippen LogP contribution in [0.5, 0.6) is 0 Å². The number of fused-ring (bicyclic) bond motifs is 2. The van der Waals surface area contributed by atoms with E-state index >= 15 is 0 Å². The maximum atomic E-state index is 9.56. The first kappa shape index (κ1) is 13.7. The van der Waals surface area contributed by atoms with Crippen molar-refractivity contribution in [3.8, 4) is 0 Å². The van der Waals surface area contributed by atoms with Crippen molar-refractivity contribution < 1.29 is 5.11 Å².